The average Bonchev–Trinajstić information content (AvgIpc) is 2.29. The second-order valence-corrected chi connectivity index (χ2v) is 4.92. The summed E-state index contributed by atoms with van der Waals surface area (Å²) in [6.07, 6.45) is 2.22. The lowest BCUT2D eigenvalue weighted by Gasteiger charge is -2.18. The first kappa shape index (κ1) is 14.0. The highest BCUT2D eigenvalue weighted by Gasteiger charge is 2.11. The van der Waals surface area contributed by atoms with Crippen LogP contribution >= 0.6 is 0 Å². The number of hydrazine groups is 1. The standard InChI is InChI=1S/C14H24N2O/c1-10(2)5-7-13(16-15)12-6-8-14(17-4)11(3)9-12/h6,8-10,13,16H,5,7,15H2,1-4H3. The molecular weight excluding hydrogens is 212 g/mol. The second-order valence-electron chi connectivity index (χ2n) is 4.92. The van der Waals surface area contributed by atoms with E-state index in [9.17, 15) is 0 Å². The first-order valence-corrected chi connectivity index (χ1v) is 6.19. The minimum absolute atomic E-state index is 0.224. The Balaban J connectivity index is 2.78. The zero-order chi connectivity index (χ0) is 12.8. The summed E-state index contributed by atoms with van der Waals surface area (Å²) in [5, 5.41) is 0. The lowest BCUT2D eigenvalue weighted by Crippen LogP contribution is -2.28. The van der Waals surface area contributed by atoms with Crippen molar-refractivity contribution in [3.05, 3.63) is 29.3 Å². The van der Waals surface area contributed by atoms with E-state index in [1.165, 1.54) is 12.0 Å². The van der Waals surface area contributed by atoms with Crippen LogP contribution in [0.4, 0.5) is 0 Å². The van der Waals surface area contributed by atoms with Crippen LogP contribution in [0.5, 0.6) is 5.75 Å². The van der Waals surface area contributed by atoms with Gasteiger partial charge in [-0.15, -0.1) is 0 Å². The molecule has 0 saturated heterocycles. The maximum absolute atomic E-state index is 5.63. The fourth-order valence-corrected chi connectivity index (χ4v) is 1.96. The van der Waals surface area contributed by atoms with Gasteiger partial charge in [0.25, 0.3) is 0 Å². The molecule has 1 aromatic carbocycles. The average molecular weight is 236 g/mol. The number of hydrogen-bond donors (Lipinski definition) is 2. The molecule has 17 heavy (non-hydrogen) atoms. The van der Waals surface area contributed by atoms with Crippen LogP contribution in [0.25, 0.3) is 0 Å². The van der Waals surface area contributed by atoms with Gasteiger partial charge in [-0.1, -0.05) is 26.0 Å². The molecule has 0 fully saturated rings. The number of hydrogen-bond acceptors (Lipinski definition) is 3. The summed E-state index contributed by atoms with van der Waals surface area (Å²) >= 11 is 0. The molecule has 3 nitrogen and oxygen atoms in total. The van der Waals surface area contributed by atoms with Crippen LogP contribution in [0.1, 0.15) is 43.9 Å². The van der Waals surface area contributed by atoms with Gasteiger partial charge in [-0.3, -0.25) is 11.3 Å². The molecule has 0 aromatic heterocycles. The van der Waals surface area contributed by atoms with Crippen molar-refractivity contribution < 1.29 is 4.74 Å². The van der Waals surface area contributed by atoms with E-state index < -0.39 is 0 Å². The van der Waals surface area contributed by atoms with Crippen LogP contribution in [0, 0.1) is 12.8 Å². The molecule has 0 heterocycles. The van der Waals surface area contributed by atoms with Gasteiger partial charge in [-0.05, 0) is 42.9 Å². The molecule has 0 aliphatic rings. The van der Waals surface area contributed by atoms with Gasteiger partial charge < -0.3 is 4.74 Å². The molecule has 1 aromatic rings. The van der Waals surface area contributed by atoms with Crippen LogP contribution in [-0.2, 0) is 0 Å². The Bertz CT molecular complexity index is 350. The van der Waals surface area contributed by atoms with Crippen molar-refractivity contribution in [1.82, 2.24) is 5.43 Å². The van der Waals surface area contributed by atoms with E-state index in [0.29, 0.717) is 5.92 Å². The Labute approximate surface area is 104 Å². The van der Waals surface area contributed by atoms with Gasteiger partial charge in [0, 0.05) is 6.04 Å². The van der Waals surface area contributed by atoms with E-state index in [2.05, 4.69) is 38.3 Å². The van der Waals surface area contributed by atoms with E-state index in [1.54, 1.807) is 7.11 Å². The maximum Gasteiger partial charge on any atom is 0.121 e. The van der Waals surface area contributed by atoms with Crippen molar-refractivity contribution in [3.63, 3.8) is 0 Å². The van der Waals surface area contributed by atoms with Gasteiger partial charge in [0.1, 0.15) is 5.75 Å². The molecular formula is C14H24N2O. The predicted molar refractivity (Wildman–Crippen MR) is 71.9 cm³/mol. The summed E-state index contributed by atoms with van der Waals surface area (Å²) in [7, 11) is 1.69. The molecule has 0 aliphatic carbocycles. The highest BCUT2D eigenvalue weighted by molar-refractivity contribution is 5.37. The molecule has 0 saturated carbocycles. The van der Waals surface area contributed by atoms with Gasteiger partial charge >= 0.3 is 0 Å². The number of methoxy groups -OCH3 is 1. The molecule has 0 spiro atoms. The van der Waals surface area contributed by atoms with E-state index in [-0.39, 0.29) is 6.04 Å². The quantitative estimate of drug-likeness (QED) is 0.589. The summed E-state index contributed by atoms with van der Waals surface area (Å²) in [5.41, 5.74) is 5.27. The molecule has 96 valence electrons. The number of rotatable bonds is 6. The first-order chi connectivity index (χ1) is 8.08. The number of aryl methyl sites for hydroxylation is 1. The van der Waals surface area contributed by atoms with E-state index in [4.69, 9.17) is 10.6 Å². The summed E-state index contributed by atoms with van der Waals surface area (Å²) in [4.78, 5) is 0. The van der Waals surface area contributed by atoms with Crippen molar-refractivity contribution in [2.24, 2.45) is 11.8 Å². The largest absolute Gasteiger partial charge is 0.496 e. The predicted octanol–water partition coefficient (Wildman–Crippen LogP) is 2.94. The monoisotopic (exact) mass is 236 g/mol. The zero-order valence-corrected chi connectivity index (χ0v) is 11.3. The molecule has 0 radical (unpaired) electrons. The molecule has 1 unspecified atom stereocenters. The second kappa shape index (κ2) is 6.62. The minimum Gasteiger partial charge on any atom is -0.496 e. The fraction of sp³-hybridized carbons (Fsp3) is 0.571. The summed E-state index contributed by atoms with van der Waals surface area (Å²) in [6.45, 7) is 6.51. The molecule has 0 amide bonds. The van der Waals surface area contributed by atoms with Gasteiger partial charge in [-0.2, -0.15) is 0 Å². The van der Waals surface area contributed by atoms with Crippen LogP contribution in [0.3, 0.4) is 0 Å². The Hall–Kier alpha value is -1.06. The molecule has 1 atom stereocenters. The first-order valence-electron chi connectivity index (χ1n) is 6.19. The third-order valence-electron chi connectivity index (χ3n) is 3.06. The minimum atomic E-state index is 0.224. The number of benzene rings is 1. The van der Waals surface area contributed by atoms with Crippen LogP contribution in [0.2, 0.25) is 0 Å². The lowest BCUT2D eigenvalue weighted by molar-refractivity contribution is 0.410. The highest BCUT2D eigenvalue weighted by atomic mass is 16.5. The number of nitrogens with two attached hydrogens (primary N) is 1. The van der Waals surface area contributed by atoms with Crippen molar-refractivity contribution in [2.45, 2.75) is 39.7 Å². The van der Waals surface area contributed by atoms with E-state index in [0.717, 1.165) is 17.7 Å². The van der Waals surface area contributed by atoms with Crippen molar-refractivity contribution in [1.29, 1.82) is 0 Å². The number of nitrogens with one attached hydrogen (secondary N) is 1. The van der Waals surface area contributed by atoms with Crippen molar-refractivity contribution in [3.8, 4) is 5.75 Å². The molecule has 3 heteroatoms. The Morgan fingerprint density at radius 2 is 2.00 bits per heavy atom. The third-order valence-corrected chi connectivity index (χ3v) is 3.06. The van der Waals surface area contributed by atoms with Crippen LogP contribution in [-0.4, -0.2) is 7.11 Å². The summed E-state index contributed by atoms with van der Waals surface area (Å²) < 4.78 is 5.26. The summed E-state index contributed by atoms with van der Waals surface area (Å²) in [6, 6.07) is 6.45. The van der Waals surface area contributed by atoms with Gasteiger partial charge in [0.2, 0.25) is 0 Å². The summed E-state index contributed by atoms with van der Waals surface area (Å²) in [5.74, 6) is 7.25. The van der Waals surface area contributed by atoms with E-state index in [1.807, 2.05) is 6.07 Å². The molecule has 0 bridgehead atoms. The topological polar surface area (TPSA) is 47.3 Å². The van der Waals surface area contributed by atoms with Crippen molar-refractivity contribution in [2.75, 3.05) is 7.11 Å². The van der Waals surface area contributed by atoms with Gasteiger partial charge in [-0.25, -0.2) is 0 Å². The fourth-order valence-electron chi connectivity index (χ4n) is 1.96. The lowest BCUT2D eigenvalue weighted by atomic mass is 9.97. The zero-order valence-electron chi connectivity index (χ0n) is 11.3. The van der Waals surface area contributed by atoms with Crippen molar-refractivity contribution >= 4 is 0 Å². The Morgan fingerprint density at radius 3 is 2.47 bits per heavy atom. The Kier molecular flexibility index (Phi) is 5.45. The SMILES string of the molecule is COc1ccc(C(CCC(C)C)NN)cc1C. The third kappa shape index (κ3) is 4.02. The highest BCUT2D eigenvalue weighted by Crippen LogP contribution is 2.25. The molecule has 0 aliphatic heterocycles. The smallest absolute Gasteiger partial charge is 0.121 e. The number of ether oxygens (including phenoxy) is 1. The normalized spacial score (nSPS) is 12.8. The molecule has 1 rings (SSSR count). The van der Waals surface area contributed by atoms with Crippen LogP contribution in [0.15, 0.2) is 18.2 Å². The Morgan fingerprint density at radius 1 is 1.29 bits per heavy atom. The van der Waals surface area contributed by atoms with Gasteiger partial charge in [0.15, 0.2) is 0 Å². The van der Waals surface area contributed by atoms with Gasteiger partial charge in [0.05, 0.1) is 7.11 Å². The molecule has 3 N–H and O–H groups in total. The maximum atomic E-state index is 5.63. The van der Waals surface area contributed by atoms with Crippen LogP contribution < -0.4 is 16.0 Å². The van der Waals surface area contributed by atoms with E-state index >= 15 is 0 Å².